The van der Waals surface area contributed by atoms with Crippen LogP contribution in [0.3, 0.4) is 0 Å². The average Bonchev–Trinajstić information content (AvgIpc) is 2.68. The van der Waals surface area contributed by atoms with Crippen LogP contribution in [0.1, 0.15) is 0 Å². The first-order chi connectivity index (χ1) is 12.9. The molecule has 2 aromatic rings. The van der Waals surface area contributed by atoms with Crippen LogP contribution in [0.4, 0.5) is 11.4 Å². The second-order valence-electron chi connectivity index (χ2n) is 5.08. The van der Waals surface area contributed by atoms with Gasteiger partial charge in [0, 0.05) is 27.6 Å². The molecule has 1 N–H and O–H groups in total. The fraction of sp³-hybridized carbons (Fsp3) is 0.111. The van der Waals surface area contributed by atoms with Gasteiger partial charge in [0.1, 0.15) is 5.70 Å². The number of hydrogen-bond acceptors (Lipinski definition) is 8. The second-order valence-corrected chi connectivity index (χ2v) is 6.22. The summed E-state index contributed by atoms with van der Waals surface area (Å²) in [6, 6.07) is 13.3. The summed E-state index contributed by atoms with van der Waals surface area (Å²) in [5.41, 5.74) is 0.551. The van der Waals surface area contributed by atoms with E-state index < -0.39 is 16.9 Å². The summed E-state index contributed by atoms with van der Waals surface area (Å²) in [5, 5.41) is 13.5. The summed E-state index contributed by atoms with van der Waals surface area (Å²) in [5.74, 6) is -1.39. The maximum atomic E-state index is 11.7. The Morgan fingerprint density at radius 2 is 1.56 bits per heavy atom. The molecule has 2 rings (SSSR count). The lowest BCUT2D eigenvalue weighted by Gasteiger charge is -2.09. The van der Waals surface area contributed by atoms with Crippen molar-refractivity contribution < 1.29 is 24.0 Å². The number of nitro groups is 1. The summed E-state index contributed by atoms with van der Waals surface area (Å²) in [7, 11) is 2.41. The molecule has 2 aromatic carbocycles. The number of non-ortho nitro benzene ring substituents is 1. The SMILES string of the molecule is COC(=O)/C=C(/Nc1ccc(Sc2ccc([N+](=O)[O-])cc2)cc1)C(=O)OC. The molecule has 0 aromatic heterocycles. The monoisotopic (exact) mass is 388 g/mol. The van der Waals surface area contributed by atoms with Crippen LogP contribution in [0, 0.1) is 10.1 Å². The van der Waals surface area contributed by atoms with Gasteiger partial charge in [-0.15, -0.1) is 0 Å². The molecule has 0 bridgehead atoms. The zero-order chi connectivity index (χ0) is 19.8. The third kappa shape index (κ3) is 5.86. The molecule has 27 heavy (non-hydrogen) atoms. The van der Waals surface area contributed by atoms with Gasteiger partial charge in [-0.1, -0.05) is 11.8 Å². The molecule has 140 valence electrons. The van der Waals surface area contributed by atoms with Crippen molar-refractivity contribution in [3.05, 3.63) is 70.4 Å². The van der Waals surface area contributed by atoms with Gasteiger partial charge in [-0.2, -0.15) is 0 Å². The fourth-order valence-corrected chi connectivity index (χ4v) is 2.78. The van der Waals surface area contributed by atoms with E-state index in [0.717, 1.165) is 15.9 Å². The highest BCUT2D eigenvalue weighted by Crippen LogP contribution is 2.30. The summed E-state index contributed by atoms with van der Waals surface area (Å²) >= 11 is 1.43. The number of carbonyl (C=O) groups is 2. The molecule has 0 saturated heterocycles. The molecular formula is C18H16N2O6S. The van der Waals surface area contributed by atoms with E-state index in [4.69, 9.17) is 0 Å². The van der Waals surface area contributed by atoms with Gasteiger partial charge in [-0.05, 0) is 36.4 Å². The Bertz CT molecular complexity index is 862. The number of nitro benzene ring substituents is 1. The van der Waals surface area contributed by atoms with E-state index in [1.165, 1.54) is 38.1 Å². The van der Waals surface area contributed by atoms with Crippen molar-refractivity contribution in [3.8, 4) is 0 Å². The molecule has 9 heteroatoms. The van der Waals surface area contributed by atoms with Gasteiger partial charge in [-0.25, -0.2) is 9.59 Å². The van der Waals surface area contributed by atoms with E-state index in [1.54, 1.807) is 36.4 Å². The molecule has 0 amide bonds. The van der Waals surface area contributed by atoms with Crippen LogP contribution in [-0.2, 0) is 19.1 Å². The van der Waals surface area contributed by atoms with Crippen molar-refractivity contribution in [1.29, 1.82) is 0 Å². The number of nitrogens with zero attached hydrogens (tertiary/aromatic N) is 1. The highest BCUT2D eigenvalue weighted by Gasteiger charge is 2.13. The van der Waals surface area contributed by atoms with Crippen LogP contribution >= 0.6 is 11.8 Å². The van der Waals surface area contributed by atoms with Crippen molar-refractivity contribution in [1.82, 2.24) is 0 Å². The van der Waals surface area contributed by atoms with Crippen molar-refractivity contribution >= 4 is 35.1 Å². The average molecular weight is 388 g/mol. The van der Waals surface area contributed by atoms with E-state index in [1.807, 2.05) is 0 Å². The normalized spacial score (nSPS) is 10.8. The number of methoxy groups -OCH3 is 2. The first-order valence-corrected chi connectivity index (χ1v) is 8.42. The van der Waals surface area contributed by atoms with E-state index in [-0.39, 0.29) is 11.4 Å². The van der Waals surface area contributed by atoms with Crippen LogP contribution < -0.4 is 5.32 Å². The number of hydrogen-bond donors (Lipinski definition) is 1. The lowest BCUT2D eigenvalue weighted by atomic mass is 10.3. The van der Waals surface area contributed by atoms with Crippen LogP contribution in [0.15, 0.2) is 70.1 Å². The summed E-state index contributed by atoms with van der Waals surface area (Å²) in [6.07, 6.45) is 1.01. The fourth-order valence-electron chi connectivity index (χ4n) is 1.97. The molecule has 0 saturated carbocycles. The quantitative estimate of drug-likeness (QED) is 0.333. The smallest absolute Gasteiger partial charge is 0.354 e. The lowest BCUT2D eigenvalue weighted by molar-refractivity contribution is -0.384. The largest absolute Gasteiger partial charge is 0.466 e. The van der Waals surface area contributed by atoms with Crippen LogP contribution in [0.25, 0.3) is 0 Å². The van der Waals surface area contributed by atoms with Crippen LogP contribution in [0.2, 0.25) is 0 Å². The molecule has 0 atom stereocenters. The Balaban J connectivity index is 2.09. The molecule has 0 unspecified atom stereocenters. The second kappa shape index (κ2) is 9.39. The zero-order valence-electron chi connectivity index (χ0n) is 14.5. The molecule has 0 aliphatic rings. The van der Waals surface area contributed by atoms with Crippen molar-refractivity contribution in [2.45, 2.75) is 9.79 Å². The van der Waals surface area contributed by atoms with Gasteiger partial charge < -0.3 is 14.8 Å². The minimum Gasteiger partial charge on any atom is -0.466 e. The number of anilines is 1. The standard InChI is InChI=1S/C18H16N2O6S/c1-25-17(21)11-16(18(22)26-2)19-12-3-7-14(8-4-12)27-15-9-5-13(6-10-15)20(23)24/h3-11,19H,1-2H3/b16-11+. The highest BCUT2D eigenvalue weighted by molar-refractivity contribution is 7.99. The number of carbonyl (C=O) groups excluding carboxylic acids is 2. The third-order valence-electron chi connectivity index (χ3n) is 3.29. The number of nitrogens with one attached hydrogen (secondary N) is 1. The van der Waals surface area contributed by atoms with E-state index in [9.17, 15) is 19.7 Å². The van der Waals surface area contributed by atoms with Crippen LogP contribution in [0.5, 0.6) is 0 Å². The Morgan fingerprint density at radius 3 is 2.04 bits per heavy atom. The Labute approximate surface area is 159 Å². The zero-order valence-corrected chi connectivity index (χ0v) is 15.3. The third-order valence-corrected chi connectivity index (χ3v) is 4.30. The molecule has 0 spiro atoms. The highest BCUT2D eigenvalue weighted by atomic mass is 32.2. The van der Waals surface area contributed by atoms with Gasteiger partial charge in [0.15, 0.2) is 0 Å². The van der Waals surface area contributed by atoms with Crippen LogP contribution in [-0.4, -0.2) is 31.1 Å². The number of ether oxygens (including phenoxy) is 2. The van der Waals surface area contributed by atoms with Gasteiger partial charge in [0.2, 0.25) is 0 Å². The Morgan fingerprint density at radius 1 is 1.00 bits per heavy atom. The van der Waals surface area contributed by atoms with E-state index >= 15 is 0 Å². The molecule has 0 radical (unpaired) electrons. The van der Waals surface area contributed by atoms with E-state index in [0.29, 0.717) is 5.69 Å². The molecule has 0 heterocycles. The van der Waals surface area contributed by atoms with Gasteiger partial charge in [-0.3, -0.25) is 10.1 Å². The van der Waals surface area contributed by atoms with Gasteiger partial charge in [0.05, 0.1) is 25.2 Å². The van der Waals surface area contributed by atoms with Crippen molar-refractivity contribution in [2.75, 3.05) is 19.5 Å². The summed E-state index contributed by atoms with van der Waals surface area (Å²) in [4.78, 5) is 35.1. The molecule has 8 nitrogen and oxygen atoms in total. The maximum Gasteiger partial charge on any atom is 0.354 e. The first-order valence-electron chi connectivity index (χ1n) is 7.60. The number of benzene rings is 2. The maximum absolute atomic E-state index is 11.7. The number of esters is 2. The predicted octanol–water partition coefficient (Wildman–Crippen LogP) is 3.39. The summed E-state index contributed by atoms with van der Waals surface area (Å²) in [6.45, 7) is 0. The van der Waals surface area contributed by atoms with E-state index in [2.05, 4.69) is 14.8 Å². The topological polar surface area (TPSA) is 108 Å². The minimum absolute atomic E-state index is 0.0339. The lowest BCUT2D eigenvalue weighted by Crippen LogP contribution is -2.15. The van der Waals surface area contributed by atoms with Gasteiger partial charge >= 0.3 is 11.9 Å². The van der Waals surface area contributed by atoms with Crippen molar-refractivity contribution in [3.63, 3.8) is 0 Å². The van der Waals surface area contributed by atoms with Gasteiger partial charge in [0.25, 0.3) is 5.69 Å². The molecular weight excluding hydrogens is 372 g/mol. The first kappa shape index (κ1) is 20.0. The molecule has 0 aliphatic carbocycles. The Hall–Kier alpha value is -3.33. The van der Waals surface area contributed by atoms with Crippen molar-refractivity contribution in [2.24, 2.45) is 0 Å². The molecule has 0 aliphatic heterocycles. The predicted molar refractivity (Wildman–Crippen MR) is 99.4 cm³/mol. The summed E-state index contributed by atoms with van der Waals surface area (Å²) < 4.78 is 9.14. The molecule has 0 fully saturated rings. The minimum atomic E-state index is -0.704. The Kier molecular flexibility index (Phi) is 6.95. The number of rotatable bonds is 7.